The van der Waals surface area contributed by atoms with E-state index in [-0.39, 0.29) is 17.1 Å². The van der Waals surface area contributed by atoms with Crippen molar-refractivity contribution in [1.82, 2.24) is 14.8 Å². The topological polar surface area (TPSA) is 68.0 Å². The summed E-state index contributed by atoms with van der Waals surface area (Å²) in [5.74, 6) is -1.29. The third-order valence-corrected chi connectivity index (χ3v) is 2.39. The number of aromatic nitrogens is 3. The van der Waals surface area contributed by atoms with Crippen LogP contribution in [0, 0.1) is 6.92 Å². The number of aryl methyl sites for hydroxylation is 1. The molecule has 2 aromatic heterocycles. The number of halogens is 3. The molecule has 2 rings (SSSR count). The van der Waals surface area contributed by atoms with Crippen LogP contribution in [0.15, 0.2) is 24.4 Å². The van der Waals surface area contributed by atoms with Crippen molar-refractivity contribution >= 4 is 5.97 Å². The number of carboxylic acids is 1. The van der Waals surface area contributed by atoms with E-state index in [0.717, 1.165) is 16.9 Å². The van der Waals surface area contributed by atoms with Gasteiger partial charge in [0.1, 0.15) is 11.3 Å². The quantitative estimate of drug-likeness (QED) is 0.909. The summed E-state index contributed by atoms with van der Waals surface area (Å²) in [6.45, 7) is 1.45. The minimum Gasteiger partial charge on any atom is -0.478 e. The summed E-state index contributed by atoms with van der Waals surface area (Å²) in [5, 5.41) is 12.7. The fourth-order valence-electron chi connectivity index (χ4n) is 1.50. The normalized spacial score (nSPS) is 11.6. The lowest BCUT2D eigenvalue weighted by Crippen LogP contribution is -2.10. The van der Waals surface area contributed by atoms with Crippen molar-refractivity contribution in [2.24, 2.45) is 0 Å². The monoisotopic (exact) mass is 271 g/mol. The van der Waals surface area contributed by atoms with Crippen LogP contribution in [0.3, 0.4) is 0 Å². The first-order chi connectivity index (χ1) is 8.79. The van der Waals surface area contributed by atoms with Crippen molar-refractivity contribution in [2.45, 2.75) is 13.1 Å². The standard InChI is InChI=1S/C11H8F3N3O2/c1-6-7(10(18)19)5-17(16-6)9-4-2-3-8(15-9)11(12,13)14/h2-5H,1H3,(H,18,19). The molecule has 8 heteroatoms. The second kappa shape index (κ2) is 4.38. The summed E-state index contributed by atoms with van der Waals surface area (Å²) in [7, 11) is 0. The van der Waals surface area contributed by atoms with Gasteiger partial charge in [-0.25, -0.2) is 14.5 Å². The van der Waals surface area contributed by atoms with Gasteiger partial charge in [-0.15, -0.1) is 0 Å². The van der Waals surface area contributed by atoms with E-state index in [0.29, 0.717) is 0 Å². The Bertz CT molecular complexity index is 634. The van der Waals surface area contributed by atoms with Crippen LogP contribution in [0.5, 0.6) is 0 Å². The first-order valence-electron chi connectivity index (χ1n) is 5.13. The first kappa shape index (κ1) is 13.1. The van der Waals surface area contributed by atoms with Gasteiger partial charge in [0.2, 0.25) is 0 Å². The third-order valence-electron chi connectivity index (χ3n) is 2.39. The summed E-state index contributed by atoms with van der Waals surface area (Å²) in [6.07, 6.45) is -3.44. The van der Waals surface area contributed by atoms with Gasteiger partial charge in [0.25, 0.3) is 0 Å². The van der Waals surface area contributed by atoms with Crippen molar-refractivity contribution in [3.63, 3.8) is 0 Å². The number of alkyl halides is 3. The van der Waals surface area contributed by atoms with Crippen molar-refractivity contribution < 1.29 is 23.1 Å². The Hall–Kier alpha value is -2.38. The Morgan fingerprint density at radius 3 is 2.58 bits per heavy atom. The van der Waals surface area contributed by atoms with Crippen LogP contribution >= 0.6 is 0 Å². The van der Waals surface area contributed by atoms with Gasteiger partial charge in [0.15, 0.2) is 5.82 Å². The van der Waals surface area contributed by atoms with Gasteiger partial charge in [-0.2, -0.15) is 18.3 Å². The molecule has 0 saturated carbocycles. The molecule has 5 nitrogen and oxygen atoms in total. The van der Waals surface area contributed by atoms with E-state index in [9.17, 15) is 18.0 Å². The molecule has 0 aliphatic heterocycles. The highest BCUT2D eigenvalue weighted by Crippen LogP contribution is 2.27. The molecule has 0 aliphatic rings. The van der Waals surface area contributed by atoms with Gasteiger partial charge in [-0.05, 0) is 19.1 Å². The van der Waals surface area contributed by atoms with E-state index in [1.54, 1.807) is 0 Å². The number of rotatable bonds is 2. The van der Waals surface area contributed by atoms with Crippen LogP contribution in [-0.2, 0) is 6.18 Å². The summed E-state index contributed by atoms with van der Waals surface area (Å²) >= 11 is 0. The number of aromatic carboxylic acids is 1. The predicted molar refractivity (Wildman–Crippen MR) is 58.1 cm³/mol. The molecule has 0 atom stereocenters. The molecular formula is C11H8F3N3O2. The van der Waals surface area contributed by atoms with Gasteiger partial charge >= 0.3 is 12.1 Å². The van der Waals surface area contributed by atoms with Crippen molar-refractivity contribution in [3.8, 4) is 5.82 Å². The van der Waals surface area contributed by atoms with Crippen LogP contribution in [0.2, 0.25) is 0 Å². The maximum Gasteiger partial charge on any atom is 0.433 e. The molecule has 0 radical (unpaired) electrons. The molecule has 0 amide bonds. The highest BCUT2D eigenvalue weighted by atomic mass is 19.4. The van der Waals surface area contributed by atoms with Gasteiger partial charge in [-0.3, -0.25) is 0 Å². The number of carboxylic acid groups (broad SMARTS) is 1. The minimum atomic E-state index is -4.56. The van der Waals surface area contributed by atoms with E-state index in [1.165, 1.54) is 19.1 Å². The fraction of sp³-hybridized carbons (Fsp3) is 0.182. The molecule has 100 valence electrons. The lowest BCUT2D eigenvalue weighted by molar-refractivity contribution is -0.141. The molecule has 0 spiro atoms. The summed E-state index contributed by atoms with van der Waals surface area (Å²) < 4.78 is 38.5. The van der Waals surface area contributed by atoms with Gasteiger partial charge in [0.05, 0.1) is 5.69 Å². The number of hydrogen-bond donors (Lipinski definition) is 1. The molecule has 0 unspecified atom stereocenters. The first-order valence-corrected chi connectivity index (χ1v) is 5.13. The molecular weight excluding hydrogens is 263 g/mol. The fourth-order valence-corrected chi connectivity index (χ4v) is 1.50. The zero-order valence-corrected chi connectivity index (χ0v) is 9.64. The maximum absolute atomic E-state index is 12.5. The van der Waals surface area contributed by atoms with Crippen LogP contribution in [0.4, 0.5) is 13.2 Å². The maximum atomic E-state index is 12.5. The zero-order chi connectivity index (χ0) is 14.2. The lowest BCUT2D eigenvalue weighted by atomic mass is 10.3. The number of pyridine rings is 1. The van der Waals surface area contributed by atoms with Crippen LogP contribution < -0.4 is 0 Å². The number of hydrogen-bond acceptors (Lipinski definition) is 3. The van der Waals surface area contributed by atoms with Crippen molar-refractivity contribution in [1.29, 1.82) is 0 Å². The highest BCUT2D eigenvalue weighted by Gasteiger charge is 2.32. The van der Waals surface area contributed by atoms with E-state index in [2.05, 4.69) is 10.1 Å². The SMILES string of the molecule is Cc1nn(-c2cccc(C(F)(F)F)n2)cc1C(=O)O. The molecule has 1 N–H and O–H groups in total. The molecule has 0 aromatic carbocycles. The summed E-state index contributed by atoms with van der Waals surface area (Å²) in [6, 6.07) is 3.33. The van der Waals surface area contributed by atoms with E-state index in [4.69, 9.17) is 5.11 Å². The largest absolute Gasteiger partial charge is 0.478 e. The van der Waals surface area contributed by atoms with Gasteiger partial charge in [-0.1, -0.05) is 6.07 Å². The molecule has 0 fully saturated rings. The average molecular weight is 271 g/mol. The molecule has 0 bridgehead atoms. The second-order valence-electron chi connectivity index (χ2n) is 3.76. The molecule has 2 aromatic rings. The lowest BCUT2D eigenvalue weighted by Gasteiger charge is -2.07. The Morgan fingerprint density at radius 1 is 1.37 bits per heavy atom. The smallest absolute Gasteiger partial charge is 0.433 e. The average Bonchev–Trinajstić information content (AvgIpc) is 2.70. The van der Waals surface area contributed by atoms with Crippen LogP contribution in [-0.4, -0.2) is 25.8 Å². The van der Waals surface area contributed by atoms with E-state index in [1.807, 2.05) is 0 Å². The van der Waals surface area contributed by atoms with Gasteiger partial charge in [0, 0.05) is 6.20 Å². The Labute approximate surface area is 105 Å². The Kier molecular flexibility index (Phi) is 3.01. The minimum absolute atomic E-state index is 0.0841. The molecule has 19 heavy (non-hydrogen) atoms. The molecule has 0 aliphatic carbocycles. The summed E-state index contributed by atoms with van der Waals surface area (Å²) in [5.41, 5.74) is -0.944. The zero-order valence-electron chi connectivity index (χ0n) is 9.64. The Balaban J connectivity index is 2.48. The second-order valence-corrected chi connectivity index (χ2v) is 3.76. The Morgan fingerprint density at radius 2 is 2.05 bits per heavy atom. The number of carbonyl (C=O) groups is 1. The third kappa shape index (κ3) is 2.56. The molecule has 0 saturated heterocycles. The molecule has 2 heterocycles. The van der Waals surface area contributed by atoms with Crippen molar-refractivity contribution in [3.05, 3.63) is 41.3 Å². The number of nitrogens with zero attached hydrogens (tertiary/aromatic N) is 3. The van der Waals surface area contributed by atoms with Gasteiger partial charge < -0.3 is 5.11 Å². The van der Waals surface area contributed by atoms with E-state index < -0.39 is 17.8 Å². The van der Waals surface area contributed by atoms with Crippen LogP contribution in [0.25, 0.3) is 5.82 Å². The van der Waals surface area contributed by atoms with E-state index >= 15 is 0 Å². The summed E-state index contributed by atoms with van der Waals surface area (Å²) in [4.78, 5) is 14.2. The van der Waals surface area contributed by atoms with Crippen LogP contribution in [0.1, 0.15) is 21.7 Å². The predicted octanol–water partition coefficient (Wildman–Crippen LogP) is 2.29. The highest BCUT2D eigenvalue weighted by molar-refractivity contribution is 5.88. The van der Waals surface area contributed by atoms with Crippen molar-refractivity contribution in [2.75, 3.05) is 0 Å².